The van der Waals surface area contributed by atoms with Crippen molar-refractivity contribution in [2.45, 2.75) is 77.7 Å². The van der Waals surface area contributed by atoms with E-state index in [4.69, 9.17) is 0 Å². The van der Waals surface area contributed by atoms with Crippen molar-refractivity contribution < 1.29 is 0 Å². The molecule has 0 radical (unpaired) electrons. The number of aryl methyl sites for hydroxylation is 2. The Morgan fingerprint density at radius 1 is 1.12 bits per heavy atom. The zero-order valence-electron chi connectivity index (χ0n) is 16.5. The standard InChI is InChI=1S/C24H34N2/c1-16-9-10-21-20(11-16)19-7-4-8-22(23(19)26-21)25-15-24(2)13-17-5-3-6-18(12-17)14-24/h9-11,17-18,22,25-26H,3-8,12-15H2,1-2H3. The molecule has 0 spiro atoms. The first-order chi connectivity index (χ1) is 12.6. The first-order valence-electron chi connectivity index (χ1n) is 10.9. The summed E-state index contributed by atoms with van der Waals surface area (Å²) in [7, 11) is 0. The van der Waals surface area contributed by atoms with Crippen LogP contribution in [-0.2, 0) is 6.42 Å². The third-order valence-electron chi connectivity index (χ3n) is 7.59. The maximum atomic E-state index is 4.02. The maximum Gasteiger partial charge on any atom is 0.0476 e. The van der Waals surface area contributed by atoms with Gasteiger partial charge in [-0.3, -0.25) is 0 Å². The van der Waals surface area contributed by atoms with Gasteiger partial charge in [0, 0.05) is 29.2 Å². The predicted octanol–water partition coefficient (Wildman–Crippen LogP) is 6.05. The minimum absolute atomic E-state index is 0.508. The van der Waals surface area contributed by atoms with Crippen molar-refractivity contribution in [1.82, 2.24) is 10.3 Å². The first-order valence-corrected chi connectivity index (χ1v) is 10.9. The lowest BCUT2D eigenvalue weighted by atomic mass is 9.61. The Hall–Kier alpha value is -1.28. The van der Waals surface area contributed by atoms with E-state index >= 15 is 0 Å². The Morgan fingerprint density at radius 2 is 1.92 bits per heavy atom. The Kier molecular flexibility index (Phi) is 4.15. The molecule has 1 aromatic heterocycles. The molecule has 3 aliphatic carbocycles. The normalized spacial score (nSPS) is 34.0. The monoisotopic (exact) mass is 350 g/mol. The number of aromatic amines is 1. The fourth-order valence-electron chi connectivity index (χ4n) is 6.54. The summed E-state index contributed by atoms with van der Waals surface area (Å²) in [4.78, 5) is 3.77. The van der Waals surface area contributed by atoms with Crippen LogP contribution in [0.5, 0.6) is 0 Å². The molecule has 5 rings (SSSR count). The van der Waals surface area contributed by atoms with E-state index in [1.165, 1.54) is 86.5 Å². The molecule has 2 aromatic rings. The zero-order valence-corrected chi connectivity index (χ0v) is 16.5. The van der Waals surface area contributed by atoms with Crippen molar-refractivity contribution in [1.29, 1.82) is 0 Å². The van der Waals surface area contributed by atoms with Crippen LogP contribution in [0.3, 0.4) is 0 Å². The van der Waals surface area contributed by atoms with Gasteiger partial charge in [-0.05, 0) is 80.4 Å². The lowest BCUT2D eigenvalue weighted by molar-refractivity contribution is 0.0654. The Labute approximate surface area is 158 Å². The molecule has 1 aromatic carbocycles. The maximum absolute atomic E-state index is 4.02. The molecule has 2 heteroatoms. The Morgan fingerprint density at radius 3 is 2.73 bits per heavy atom. The van der Waals surface area contributed by atoms with Crippen LogP contribution in [0.4, 0.5) is 0 Å². The topological polar surface area (TPSA) is 27.8 Å². The van der Waals surface area contributed by atoms with E-state index in [0.717, 1.165) is 11.8 Å². The number of hydrogen-bond donors (Lipinski definition) is 2. The van der Waals surface area contributed by atoms with Gasteiger partial charge in [-0.25, -0.2) is 0 Å². The van der Waals surface area contributed by atoms with Gasteiger partial charge in [0.1, 0.15) is 0 Å². The highest BCUT2D eigenvalue weighted by Crippen LogP contribution is 2.48. The van der Waals surface area contributed by atoms with Crippen LogP contribution in [0.25, 0.3) is 10.9 Å². The summed E-state index contributed by atoms with van der Waals surface area (Å²) in [6.45, 7) is 5.96. The van der Waals surface area contributed by atoms with Crippen molar-refractivity contribution in [3.8, 4) is 0 Å². The van der Waals surface area contributed by atoms with E-state index in [1.807, 2.05) is 0 Å². The molecule has 2 N–H and O–H groups in total. The van der Waals surface area contributed by atoms with Gasteiger partial charge in [0.05, 0.1) is 0 Å². The van der Waals surface area contributed by atoms with Crippen molar-refractivity contribution in [2.75, 3.05) is 6.54 Å². The summed E-state index contributed by atoms with van der Waals surface area (Å²) in [6, 6.07) is 7.39. The van der Waals surface area contributed by atoms with E-state index < -0.39 is 0 Å². The van der Waals surface area contributed by atoms with E-state index in [-0.39, 0.29) is 0 Å². The molecular weight excluding hydrogens is 316 g/mol. The predicted molar refractivity (Wildman–Crippen MR) is 110 cm³/mol. The molecule has 0 aliphatic heterocycles. The molecule has 2 nitrogen and oxygen atoms in total. The van der Waals surface area contributed by atoms with Crippen LogP contribution in [0.1, 0.15) is 81.2 Å². The second kappa shape index (κ2) is 6.41. The first kappa shape index (κ1) is 16.9. The third-order valence-corrected chi connectivity index (χ3v) is 7.59. The van der Waals surface area contributed by atoms with Crippen LogP contribution in [0.15, 0.2) is 18.2 Å². The molecule has 3 aliphatic rings. The molecule has 3 unspecified atom stereocenters. The van der Waals surface area contributed by atoms with Gasteiger partial charge in [0.15, 0.2) is 0 Å². The van der Waals surface area contributed by atoms with E-state index in [9.17, 15) is 0 Å². The van der Waals surface area contributed by atoms with Crippen molar-refractivity contribution in [2.24, 2.45) is 17.3 Å². The van der Waals surface area contributed by atoms with Crippen LogP contribution in [0, 0.1) is 24.2 Å². The zero-order chi connectivity index (χ0) is 17.7. The molecule has 0 amide bonds. The van der Waals surface area contributed by atoms with Gasteiger partial charge in [-0.2, -0.15) is 0 Å². The highest BCUT2D eigenvalue weighted by molar-refractivity contribution is 5.85. The summed E-state index contributed by atoms with van der Waals surface area (Å²) in [5.41, 5.74) is 6.27. The number of fused-ring (bicyclic) bond motifs is 5. The fourth-order valence-corrected chi connectivity index (χ4v) is 6.54. The molecule has 2 bridgehead atoms. The smallest absolute Gasteiger partial charge is 0.0476 e. The summed E-state index contributed by atoms with van der Waals surface area (Å²) in [6.07, 6.45) is 12.7. The van der Waals surface area contributed by atoms with E-state index in [2.05, 4.69) is 42.3 Å². The summed E-state index contributed by atoms with van der Waals surface area (Å²) < 4.78 is 0. The van der Waals surface area contributed by atoms with Crippen LogP contribution in [0.2, 0.25) is 0 Å². The van der Waals surface area contributed by atoms with Gasteiger partial charge < -0.3 is 10.3 Å². The lowest BCUT2D eigenvalue weighted by Crippen LogP contribution is -2.42. The number of rotatable bonds is 3. The van der Waals surface area contributed by atoms with Gasteiger partial charge in [-0.15, -0.1) is 0 Å². The number of hydrogen-bond acceptors (Lipinski definition) is 1. The van der Waals surface area contributed by atoms with Crippen molar-refractivity contribution in [3.05, 3.63) is 35.0 Å². The number of benzene rings is 1. The average Bonchev–Trinajstić information content (AvgIpc) is 2.98. The van der Waals surface area contributed by atoms with Crippen LogP contribution >= 0.6 is 0 Å². The second-order valence-electron chi connectivity index (χ2n) is 10.0. The minimum atomic E-state index is 0.508. The molecule has 2 saturated carbocycles. The minimum Gasteiger partial charge on any atom is -0.357 e. The van der Waals surface area contributed by atoms with Gasteiger partial charge >= 0.3 is 0 Å². The molecule has 140 valence electrons. The number of aromatic nitrogens is 1. The van der Waals surface area contributed by atoms with Crippen LogP contribution in [-0.4, -0.2) is 11.5 Å². The third kappa shape index (κ3) is 3.01. The molecule has 1 heterocycles. The number of H-pyrrole nitrogens is 1. The summed E-state index contributed by atoms with van der Waals surface area (Å²) in [5.74, 6) is 2.01. The molecular formula is C24H34N2. The quantitative estimate of drug-likeness (QED) is 0.693. The fraction of sp³-hybridized carbons (Fsp3) is 0.667. The molecule has 26 heavy (non-hydrogen) atoms. The SMILES string of the molecule is Cc1ccc2[nH]c3c(c2c1)CCCC3NCC1(C)CC2CCCC(C2)C1. The van der Waals surface area contributed by atoms with E-state index in [1.54, 1.807) is 5.56 Å². The molecule has 0 saturated heterocycles. The van der Waals surface area contributed by atoms with Gasteiger partial charge in [0.25, 0.3) is 0 Å². The van der Waals surface area contributed by atoms with E-state index in [0.29, 0.717) is 11.5 Å². The van der Waals surface area contributed by atoms with Gasteiger partial charge in [0.2, 0.25) is 0 Å². The lowest BCUT2D eigenvalue weighted by Gasteiger charge is -2.46. The van der Waals surface area contributed by atoms with Gasteiger partial charge in [-0.1, -0.05) is 37.8 Å². The number of nitrogens with one attached hydrogen (secondary N) is 2. The summed E-state index contributed by atoms with van der Waals surface area (Å²) in [5, 5.41) is 5.48. The highest BCUT2D eigenvalue weighted by atomic mass is 15.0. The van der Waals surface area contributed by atoms with Crippen LogP contribution < -0.4 is 5.32 Å². The second-order valence-corrected chi connectivity index (χ2v) is 10.0. The largest absolute Gasteiger partial charge is 0.357 e. The highest BCUT2D eigenvalue weighted by Gasteiger charge is 2.39. The van der Waals surface area contributed by atoms with Crippen molar-refractivity contribution >= 4 is 10.9 Å². The molecule has 3 atom stereocenters. The Bertz CT molecular complexity index is 790. The Balaban J connectivity index is 1.35. The van der Waals surface area contributed by atoms with Crippen molar-refractivity contribution in [3.63, 3.8) is 0 Å². The average molecular weight is 351 g/mol. The summed E-state index contributed by atoms with van der Waals surface area (Å²) >= 11 is 0. The molecule has 2 fully saturated rings.